The van der Waals surface area contributed by atoms with Crippen molar-refractivity contribution in [3.8, 4) is 11.5 Å². The Morgan fingerprint density at radius 1 is 1.35 bits per heavy atom. The minimum absolute atomic E-state index is 0.186. The van der Waals surface area contributed by atoms with Gasteiger partial charge in [0.25, 0.3) is 0 Å². The number of hydrogen-bond donors (Lipinski definition) is 1. The van der Waals surface area contributed by atoms with Gasteiger partial charge < -0.3 is 5.11 Å². The number of aliphatic hydroxyl groups excluding tert-OH is 1. The first kappa shape index (κ1) is 18.2. The second-order valence-electron chi connectivity index (χ2n) is 7.95. The van der Waals surface area contributed by atoms with E-state index in [9.17, 15) is 5.11 Å². The molecule has 4 heteroatoms. The number of pyridine rings is 1. The van der Waals surface area contributed by atoms with Crippen LogP contribution < -0.4 is 0 Å². The molecular formula is C19H30N2OSi. The summed E-state index contributed by atoms with van der Waals surface area (Å²) in [5.41, 5.74) is 7.13. The first-order valence-corrected chi connectivity index (χ1v) is 12.2. The van der Waals surface area contributed by atoms with Gasteiger partial charge in [0, 0.05) is 31.0 Å². The molecule has 3 nitrogen and oxygen atoms in total. The molecule has 126 valence electrons. The molecule has 1 saturated heterocycles. The molecule has 1 fully saturated rings. The highest BCUT2D eigenvalue weighted by Crippen LogP contribution is 2.25. The number of β-amino-alcohol motifs (C(OH)–C–C–N with tert-alkyl or cyclic N) is 1. The summed E-state index contributed by atoms with van der Waals surface area (Å²) < 4.78 is 0. The minimum Gasteiger partial charge on any atom is -0.392 e. The molecule has 1 N–H and O–H groups in total. The Bertz CT molecular complexity index is 596. The van der Waals surface area contributed by atoms with E-state index in [1.54, 1.807) is 0 Å². The van der Waals surface area contributed by atoms with Crippen LogP contribution in [0.25, 0.3) is 0 Å². The molecule has 2 heterocycles. The van der Waals surface area contributed by atoms with Crippen LogP contribution in [0.3, 0.4) is 0 Å². The highest BCUT2D eigenvalue weighted by molar-refractivity contribution is 6.83. The molecule has 0 amide bonds. The van der Waals surface area contributed by atoms with Crippen LogP contribution in [0.1, 0.15) is 49.3 Å². The second kappa shape index (κ2) is 7.61. The molecule has 0 unspecified atom stereocenters. The third kappa shape index (κ3) is 5.45. The zero-order valence-electron chi connectivity index (χ0n) is 15.2. The summed E-state index contributed by atoms with van der Waals surface area (Å²) in [4.78, 5) is 6.78. The Balaban J connectivity index is 2.30. The molecule has 1 aliphatic rings. The van der Waals surface area contributed by atoms with Crippen LogP contribution in [0.15, 0.2) is 12.4 Å². The topological polar surface area (TPSA) is 36.4 Å². The molecular weight excluding hydrogens is 300 g/mol. The third-order valence-electron chi connectivity index (χ3n) is 4.09. The van der Waals surface area contributed by atoms with Crippen molar-refractivity contribution in [2.45, 2.75) is 64.9 Å². The van der Waals surface area contributed by atoms with E-state index < -0.39 is 8.07 Å². The number of aromatic nitrogens is 1. The minimum atomic E-state index is -1.40. The van der Waals surface area contributed by atoms with Crippen molar-refractivity contribution < 1.29 is 5.11 Å². The Morgan fingerprint density at radius 3 is 2.70 bits per heavy atom. The molecule has 0 aromatic carbocycles. The van der Waals surface area contributed by atoms with Gasteiger partial charge in [0.1, 0.15) is 8.07 Å². The maximum atomic E-state index is 9.89. The lowest BCUT2D eigenvalue weighted by molar-refractivity contribution is 0.0666. The molecule has 1 aliphatic heterocycles. The van der Waals surface area contributed by atoms with Crippen LogP contribution in [-0.2, 0) is 6.54 Å². The number of aliphatic hydroxyl groups is 1. The molecule has 23 heavy (non-hydrogen) atoms. The monoisotopic (exact) mass is 330 g/mol. The van der Waals surface area contributed by atoms with Gasteiger partial charge in [-0.1, -0.05) is 39.4 Å². The number of nitrogens with zero attached hydrogens (tertiary/aromatic N) is 2. The van der Waals surface area contributed by atoms with Crippen LogP contribution in [0.4, 0.5) is 0 Å². The highest BCUT2D eigenvalue weighted by Gasteiger charge is 2.20. The van der Waals surface area contributed by atoms with E-state index in [1.165, 1.54) is 11.1 Å². The first-order valence-electron chi connectivity index (χ1n) is 8.66. The Kier molecular flexibility index (Phi) is 6.02. The molecule has 0 radical (unpaired) electrons. The van der Waals surface area contributed by atoms with Crippen molar-refractivity contribution in [3.63, 3.8) is 0 Å². The average Bonchev–Trinajstić information content (AvgIpc) is 2.44. The number of rotatable bonds is 3. The van der Waals surface area contributed by atoms with Gasteiger partial charge in [0.2, 0.25) is 0 Å². The average molecular weight is 331 g/mol. The van der Waals surface area contributed by atoms with Crippen molar-refractivity contribution in [2.24, 2.45) is 0 Å². The van der Waals surface area contributed by atoms with Crippen molar-refractivity contribution in [1.82, 2.24) is 9.88 Å². The molecule has 0 aliphatic carbocycles. The summed E-state index contributed by atoms with van der Waals surface area (Å²) in [5, 5.41) is 9.89. The van der Waals surface area contributed by atoms with E-state index in [2.05, 4.69) is 54.8 Å². The van der Waals surface area contributed by atoms with Crippen molar-refractivity contribution >= 4 is 8.07 Å². The predicted octanol–water partition coefficient (Wildman–Crippen LogP) is 3.39. The van der Waals surface area contributed by atoms with E-state index in [0.29, 0.717) is 5.92 Å². The maximum Gasteiger partial charge on any atom is 0.129 e. The van der Waals surface area contributed by atoms with Gasteiger partial charge in [0.05, 0.1) is 6.10 Å². The molecule has 0 spiro atoms. The molecule has 1 aromatic rings. The Hall–Kier alpha value is -1.15. The van der Waals surface area contributed by atoms with Crippen LogP contribution in [0.2, 0.25) is 19.6 Å². The van der Waals surface area contributed by atoms with Crippen LogP contribution in [0.5, 0.6) is 0 Å². The van der Waals surface area contributed by atoms with Crippen LogP contribution in [0, 0.1) is 11.5 Å². The normalized spacial score (nSPS) is 19.5. The molecule has 1 aromatic heterocycles. The van der Waals surface area contributed by atoms with E-state index in [-0.39, 0.29) is 6.10 Å². The van der Waals surface area contributed by atoms with Crippen LogP contribution >= 0.6 is 0 Å². The summed E-state index contributed by atoms with van der Waals surface area (Å²) in [6, 6.07) is 0. The fourth-order valence-corrected chi connectivity index (χ4v) is 3.60. The van der Waals surface area contributed by atoms with Gasteiger partial charge in [-0.15, -0.1) is 5.54 Å². The summed E-state index contributed by atoms with van der Waals surface area (Å²) in [6.07, 6.45) is 5.70. The van der Waals surface area contributed by atoms with Gasteiger partial charge in [-0.3, -0.25) is 9.88 Å². The van der Waals surface area contributed by atoms with Gasteiger partial charge in [-0.05, 0) is 36.4 Å². The Labute approximate surface area is 142 Å². The van der Waals surface area contributed by atoms with E-state index >= 15 is 0 Å². The SMILES string of the molecule is CC(C)c1c(C#C[Si](C)(C)C)cncc1CN1CCC[C@H](O)C1. The van der Waals surface area contributed by atoms with Gasteiger partial charge >= 0.3 is 0 Å². The van der Waals surface area contributed by atoms with E-state index in [4.69, 9.17) is 0 Å². The summed E-state index contributed by atoms with van der Waals surface area (Å²) in [6.45, 7) is 13.9. The summed E-state index contributed by atoms with van der Waals surface area (Å²) in [7, 11) is -1.40. The molecule has 1 atom stereocenters. The fraction of sp³-hybridized carbons (Fsp3) is 0.632. The summed E-state index contributed by atoms with van der Waals surface area (Å²) >= 11 is 0. The highest BCUT2D eigenvalue weighted by atomic mass is 28.3. The molecule has 0 bridgehead atoms. The fourth-order valence-electron chi connectivity index (χ4n) is 3.09. The number of piperidine rings is 1. The lowest BCUT2D eigenvalue weighted by atomic mass is 9.93. The smallest absolute Gasteiger partial charge is 0.129 e. The van der Waals surface area contributed by atoms with E-state index in [1.807, 2.05) is 12.4 Å². The number of likely N-dealkylation sites (tertiary alicyclic amines) is 1. The maximum absolute atomic E-state index is 9.89. The first-order chi connectivity index (χ1) is 10.8. The van der Waals surface area contributed by atoms with E-state index in [0.717, 1.165) is 38.0 Å². The van der Waals surface area contributed by atoms with Gasteiger partial charge in [-0.25, -0.2) is 0 Å². The van der Waals surface area contributed by atoms with Crippen molar-refractivity contribution in [3.05, 3.63) is 29.1 Å². The van der Waals surface area contributed by atoms with Crippen molar-refractivity contribution in [2.75, 3.05) is 13.1 Å². The molecule has 0 saturated carbocycles. The number of hydrogen-bond acceptors (Lipinski definition) is 3. The second-order valence-corrected chi connectivity index (χ2v) is 12.7. The van der Waals surface area contributed by atoms with Crippen LogP contribution in [-0.4, -0.2) is 42.3 Å². The molecule has 2 rings (SSSR count). The predicted molar refractivity (Wildman–Crippen MR) is 99.1 cm³/mol. The summed E-state index contributed by atoms with van der Waals surface area (Å²) in [5.74, 6) is 3.83. The zero-order valence-corrected chi connectivity index (χ0v) is 16.2. The standard InChI is InChI=1S/C19H30N2OSi/c1-15(2)19-16(8-10-23(3,4)5)11-20-12-17(19)13-21-9-6-7-18(22)14-21/h11-12,15,18,22H,6-7,9,13-14H2,1-5H3/t18-/m0/s1. The Morgan fingerprint density at radius 2 is 2.09 bits per heavy atom. The quantitative estimate of drug-likeness (QED) is 0.682. The third-order valence-corrected chi connectivity index (χ3v) is 4.97. The lowest BCUT2D eigenvalue weighted by Gasteiger charge is -2.31. The zero-order chi connectivity index (χ0) is 17.0. The van der Waals surface area contributed by atoms with Gasteiger partial charge in [0.15, 0.2) is 0 Å². The van der Waals surface area contributed by atoms with Crippen molar-refractivity contribution in [1.29, 1.82) is 0 Å². The lowest BCUT2D eigenvalue weighted by Crippen LogP contribution is -2.37. The van der Waals surface area contributed by atoms with Gasteiger partial charge in [-0.2, -0.15) is 0 Å². The largest absolute Gasteiger partial charge is 0.392 e.